The fourth-order valence-electron chi connectivity index (χ4n) is 5.60. The topological polar surface area (TPSA) is 9.72 Å². The standard InChI is InChI=1S/C29H39F4N3/c30-21-24-7-5-8-25(19-24)22-35-15-13-34(14-16-35)17-18-36(28-11-3-1-2-4-12-28)23-26-9-6-10-27(20-26)29(31,32)33/h5-10,19-20,28H,1-4,11-18,21-23H2. The number of benzene rings is 2. The summed E-state index contributed by atoms with van der Waals surface area (Å²) in [5.41, 5.74) is 2.06. The molecule has 1 aliphatic carbocycles. The average molecular weight is 506 g/mol. The lowest BCUT2D eigenvalue weighted by Crippen LogP contribution is -2.49. The number of piperazine rings is 1. The Hall–Kier alpha value is -1.96. The van der Waals surface area contributed by atoms with Crippen LogP contribution in [0.3, 0.4) is 0 Å². The highest BCUT2D eigenvalue weighted by molar-refractivity contribution is 5.26. The fraction of sp³-hybridized carbons (Fsp3) is 0.586. The summed E-state index contributed by atoms with van der Waals surface area (Å²) in [5.74, 6) is 0. The molecule has 0 spiro atoms. The predicted octanol–water partition coefficient (Wildman–Crippen LogP) is 6.52. The number of rotatable bonds is 9. The highest BCUT2D eigenvalue weighted by Gasteiger charge is 2.31. The molecular weight excluding hydrogens is 466 g/mol. The Bertz CT molecular complexity index is 932. The van der Waals surface area contributed by atoms with Crippen LogP contribution in [0, 0.1) is 0 Å². The minimum atomic E-state index is -4.31. The zero-order valence-electron chi connectivity index (χ0n) is 21.2. The van der Waals surface area contributed by atoms with E-state index in [-0.39, 0.29) is 0 Å². The summed E-state index contributed by atoms with van der Waals surface area (Å²) in [4.78, 5) is 7.33. The van der Waals surface area contributed by atoms with Gasteiger partial charge in [0, 0.05) is 58.4 Å². The Morgan fingerprint density at radius 3 is 2.11 bits per heavy atom. The van der Waals surface area contributed by atoms with Crippen LogP contribution in [-0.4, -0.2) is 60.0 Å². The van der Waals surface area contributed by atoms with Crippen LogP contribution < -0.4 is 0 Å². The maximum absolute atomic E-state index is 13.3. The summed E-state index contributed by atoms with van der Waals surface area (Å²) >= 11 is 0. The summed E-state index contributed by atoms with van der Waals surface area (Å²) in [6.07, 6.45) is 2.86. The van der Waals surface area contributed by atoms with Gasteiger partial charge in [-0.15, -0.1) is 0 Å². The van der Waals surface area contributed by atoms with Gasteiger partial charge in [0.1, 0.15) is 6.67 Å². The van der Waals surface area contributed by atoms with Gasteiger partial charge in [0.2, 0.25) is 0 Å². The van der Waals surface area contributed by atoms with Crippen molar-refractivity contribution in [1.29, 1.82) is 0 Å². The van der Waals surface area contributed by atoms with Gasteiger partial charge in [-0.1, -0.05) is 68.1 Å². The van der Waals surface area contributed by atoms with Gasteiger partial charge in [0.05, 0.1) is 5.56 Å². The first-order chi connectivity index (χ1) is 17.4. The Balaban J connectivity index is 1.33. The van der Waals surface area contributed by atoms with Crippen molar-refractivity contribution in [3.05, 3.63) is 70.8 Å². The zero-order chi connectivity index (χ0) is 25.4. The smallest absolute Gasteiger partial charge is 0.300 e. The first-order valence-corrected chi connectivity index (χ1v) is 13.4. The second kappa shape index (κ2) is 13.0. The van der Waals surface area contributed by atoms with E-state index < -0.39 is 18.4 Å². The third-order valence-electron chi connectivity index (χ3n) is 7.70. The lowest BCUT2D eigenvalue weighted by molar-refractivity contribution is -0.137. The van der Waals surface area contributed by atoms with Crippen molar-refractivity contribution in [3.8, 4) is 0 Å². The van der Waals surface area contributed by atoms with E-state index in [1.54, 1.807) is 0 Å². The van der Waals surface area contributed by atoms with Crippen molar-refractivity contribution in [3.63, 3.8) is 0 Å². The Morgan fingerprint density at radius 1 is 0.778 bits per heavy atom. The molecule has 1 aliphatic heterocycles. The molecule has 0 atom stereocenters. The van der Waals surface area contributed by atoms with Gasteiger partial charge >= 0.3 is 6.18 Å². The average Bonchev–Trinajstić information content (AvgIpc) is 3.17. The van der Waals surface area contributed by atoms with Gasteiger partial charge < -0.3 is 0 Å². The van der Waals surface area contributed by atoms with E-state index >= 15 is 0 Å². The second-order valence-electron chi connectivity index (χ2n) is 10.4. The third kappa shape index (κ3) is 8.02. The van der Waals surface area contributed by atoms with Gasteiger partial charge in [-0.05, 0) is 35.6 Å². The SMILES string of the molecule is FCc1cccc(CN2CCN(CCN(Cc3cccc(C(F)(F)F)c3)C3CCCCCC3)CC2)c1. The number of nitrogens with zero attached hydrogens (tertiary/aromatic N) is 3. The molecule has 36 heavy (non-hydrogen) atoms. The van der Waals surface area contributed by atoms with Crippen molar-refractivity contribution in [2.24, 2.45) is 0 Å². The van der Waals surface area contributed by atoms with Gasteiger partial charge in [0.15, 0.2) is 0 Å². The molecule has 198 valence electrons. The normalized spacial score (nSPS) is 19.0. The first kappa shape index (κ1) is 27.1. The molecule has 2 fully saturated rings. The van der Waals surface area contributed by atoms with Crippen LogP contribution in [-0.2, 0) is 25.9 Å². The highest BCUT2D eigenvalue weighted by atomic mass is 19.4. The molecule has 0 aromatic heterocycles. The molecule has 0 unspecified atom stereocenters. The van der Waals surface area contributed by atoms with Crippen molar-refractivity contribution < 1.29 is 17.6 Å². The molecule has 0 bridgehead atoms. The third-order valence-corrected chi connectivity index (χ3v) is 7.70. The summed E-state index contributed by atoms with van der Waals surface area (Å²) < 4.78 is 52.8. The quantitative estimate of drug-likeness (QED) is 0.284. The summed E-state index contributed by atoms with van der Waals surface area (Å²) in [6.45, 7) is 6.67. The molecule has 2 aromatic carbocycles. The van der Waals surface area contributed by atoms with Crippen LogP contribution in [0.4, 0.5) is 17.6 Å². The number of hydrogen-bond donors (Lipinski definition) is 0. The number of alkyl halides is 4. The van der Waals surface area contributed by atoms with Crippen LogP contribution in [0.5, 0.6) is 0 Å². The molecule has 1 saturated heterocycles. The minimum absolute atomic E-state index is 0.431. The Labute approximate surface area is 213 Å². The van der Waals surface area contributed by atoms with Gasteiger partial charge in [-0.2, -0.15) is 13.2 Å². The zero-order valence-corrected chi connectivity index (χ0v) is 21.2. The molecule has 1 heterocycles. The highest BCUT2D eigenvalue weighted by Crippen LogP contribution is 2.30. The molecule has 0 N–H and O–H groups in total. The van der Waals surface area contributed by atoms with E-state index in [4.69, 9.17) is 0 Å². The maximum Gasteiger partial charge on any atom is 0.416 e. The Kier molecular flexibility index (Phi) is 9.80. The van der Waals surface area contributed by atoms with E-state index in [9.17, 15) is 17.6 Å². The summed E-state index contributed by atoms with van der Waals surface area (Å²) in [5, 5.41) is 0. The van der Waals surface area contributed by atoms with E-state index in [0.29, 0.717) is 12.6 Å². The monoisotopic (exact) mass is 505 g/mol. The lowest BCUT2D eigenvalue weighted by Gasteiger charge is -2.37. The van der Waals surface area contributed by atoms with Gasteiger partial charge in [-0.3, -0.25) is 14.7 Å². The number of hydrogen-bond acceptors (Lipinski definition) is 3. The largest absolute Gasteiger partial charge is 0.416 e. The van der Waals surface area contributed by atoms with Crippen molar-refractivity contribution >= 4 is 0 Å². The predicted molar refractivity (Wildman–Crippen MR) is 136 cm³/mol. The van der Waals surface area contributed by atoms with E-state index in [1.807, 2.05) is 24.3 Å². The van der Waals surface area contributed by atoms with Crippen LogP contribution in [0.2, 0.25) is 0 Å². The summed E-state index contributed by atoms with van der Waals surface area (Å²) in [6, 6.07) is 14.0. The molecule has 2 aliphatic rings. The Morgan fingerprint density at radius 2 is 1.42 bits per heavy atom. The molecular formula is C29H39F4N3. The van der Waals surface area contributed by atoms with Crippen molar-refractivity contribution in [2.45, 2.75) is 70.5 Å². The van der Waals surface area contributed by atoms with Crippen LogP contribution in [0.25, 0.3) is 0 Å². The molecule has 1 saturated carbocycles. The second-order valence-corrected chi connectivity index (χ2v) is 10.4. The maximum atomic E-state index is 13.3. The van der Waals surface area contributed by atoms with E-state index in [0.717, 1.165) is 81.4 Å². The molecule has 0 amide bonds. The van der Waals surface area contributed by atoms with E-state index in [2.05, 4.69) is 20.8 Å². The number of halogens is 4. The first-order valence-electron chi connectivity index (χ1n) is 13.4. The summed E-state index contributed by atoms with van der Waals surface area (Å²) in [7, 11) is 0. The molecule has 3 nitrogen and oxygen atoms in total. The lowest BCUT2D eigenvalue weighted by atomic mass is 10.0. The molecule has 4 rings (SSSR count). The van der Waals surface area contributed by atoms with Crippen LogP contribution in [0.15, 0.2) is 48.5 Å². The van der Waals surface area contributed by atoms with Gasteiger partial charge in [0.25, 0.3) is 0 Å². The van der Waals surface area contributed by atoms with Crippen LogP contribution >= 0.6 is 0 Å². The van der Waals surface area contributed by atoms with Gasteiger partial charge in [-0.25, -0.2) is 4.39 Å². The molecule has 7 heteroatoms. The molecule has 0 radical (unpaired) electrons. The minimum Gasteiger partial charge on any atom is -0.300 e. The van der Waals surface area contributed by atoms with Crippen molar-refractivity contribution in [1.82, 2.24) is 14.7 Å². The fourth-order valence-corrected chi connectivity index (χ4v) is 5.60. The molecule has 2 aromatic rings. The van der Waals surface area contributed by atoms with E-state index in [1.165, 1.54) is 37.8 Å². The van der Waals surface area contributed by atoms with Crippen LogP contribution in [0.1, 0.15) is 60.8 Å². The van der Waals surface area contributed by atoms with Crippen molar-refractivity contribution in [2.75, 3.05) is 39.3 Å².